The molecule has 1 aromatic carbocycles. The molecule has 0 aliphatic heterocycles. The largest absolute Gasteiger partial charge is 0.443 e. The number of thiophene rings is 1. The molecule has 0 saturated heterocycles. The molecule has 2 rings (SSSR count). The summed E-state index contributed by atoms with van der Waals surface area (Å²) in [5, 5.41) is 3.89. The number of hydrogen-bond donors (Lipinski definition) is 1. The van der Waals surface area contributed by atoms with Gasteiger partial charge in [-0.15, -0.1) is 11.3 Å². The number of carbonyl (C=O) groups excluding carboxylic acids is 1. The van der Waals surface area contributed by atoms with Gasteiger partial charge in [0.2, 0.25) is 0 Å². The molecule has 5 heteroatoms. The maximum absolute atomic E-state index is 11.4. The van der Waals surface area contributed by atoms with E-state index in [0.717, 1.165) is 9.75 Å². The van der Waals surface area contributed by atoms with Gasteiger partial charge >= 0.3 is 6.09 Å². The summed E-state index contributed by atoms with van der Waals surface area (Å²) < 4.78 is 5.09. The van der Waals surface area contributed by atoms with Crippen molar-refractivity contribution < 1.29 is 9.53 Å². The van der Waals surface area contributed by atoms with Crippen LogP contribution in [0.15, 0.2) is 47.6 Å². The van der Waals surface area contributed by atoms with E-state index in [2.05, 4.69) is 22.7 Å². The molecule has 1 aromatic heterocycles. The minimum absolute atomic E-state index is 0.525. The van der Waals surface area contributed by atoms with Gasteiger partial charge in [0.15, 0.2) is 0 Å². The summed E-state index contributed by atoms with van der Waals surface area (Å²) in [6.07, 6.45) is 1.06. The van der Waals surface area contributed by atoms with Crippen LogP contribution in [-0.4, -0.2) is 17.9 Å². The Morgan fingerprint density at radius 3 is 2.57 bits per heavy atom. The predicted molar refractivity (Wildman–Crippen MR) is 86.7 cm³/mol. The van der Waals surface area contributed by atoms with Gasteiger partial charge in [0.05, 0.1) is 6.21 Å². The summed E-state index contributed by atoms with van der Waals surface area (Å²) in [6.45, 7) is 5.42. The molecule has 0 radical (unpaired) electrons. The molecule has 0 aliphatic rings. The van der Waals surface area contributed by atoms with Crippen LogP contribution >= 0.6 is 11.3 Å². The van der Waals surface area contributed by atoms with E-state index in [0.29, 0.717) is 0 Å². The molecular weight excluding hydrogens is 284 g/mol. The lowest BCUT2D eigenvalue weighted by Gasteiger charge is -2.18. The van der Waals surface area contributed by atoms with Crippen molar-refractivity contribution in [3.8, 4) is 10.4 Å². The van der Waals surface area contributed by atoms with Crippen LogP contribution in [-0.2, 0) is 4.74 Å². The smallest absolute Gasteiger partial charge is 0.428 e. The Morgan fingerprint density at radius 2 is 1.90 bits per heavy atom. The third kappa shape index (κ3) is 5.04. The van der Waals surface area contributed by atoms with E-state index < -0.39 is 11.7 Å². The van der Waals surface area contributed by atoms with Crippen LogP contribution in [0.25, 0.3) is 10.4 Å². The van der Waals surface area contributed by atoms with Gasteiger partial charge in [0.25, 0.3) is 0 Å². The monoisotopic (exact) mass is 302 g/mol. The van der Waals surface area contributed by atoms with Gasteiger partial charge in [0.1, 0.15) is 5.60 Å². The fourth-order valence-corrected chi connectivity index (χ4v) is 2.51. The number of rotatable bonds is 3. The Morgan fingerprint density at radius 1 is 1.19 bits per heavy atom. The van der Waals surface area contributed by atoms with Crippen molar-refractivity contribution in [2.45, 2.75) is 26.4 Å². The second kappa shape index (κ2) is 6.54. The maximum atomic E-state index is 11.4. The van der Waals surface area contributed by atoms with Crippen molar-refractivity contribution in [2.75, 3.05) is 0 Å². The molecule has 0 aliphatic carbocycles. The van der Waals surface area contributed by atoms with E-state index in [4.69, 9.17) is 4.74 Å². The fraction of sp³-hybridized carbons (Fsp3) is 0.250. The van der Waals surface area contributed by atoms with Gasteiger partial charge in [0, 0.05) is 9.75 Å². The molecule has 1 N–H and O–H groups in total. The van der Waals surface area contributed by atoms with Crippen molar-refractivity contribution >= 4 is 23.6 Å². The van der Waals surface area contributed by atoms with Crippen molar-refractivity contribution in [1.82, 2.24) is 5.43 Å². The molecule has 0 unspecified atom stereocenters. The van der Waals surface area contributed by atoms with Gasteiger partial charge in [-0.2, -0.15) is 5.10 Å². The Hall–Kier alpha value is -2.14. The lowest BCUT2D eigenvalue weighted by Crippen LogP contribution is -2.29. The van der Waals surface area contributed by atoms with Crippen LogP contribution in [0.3, 0.4) is 0 Å². The average Bonchev–Trinajstić information content (AvgIpc) is 2.86. The standard InChI is InChI=1S/C16H18N2O2S/c1-16(2,3)20-15(19)18-17-11-13-9-10-14(21-13)12-7-5-4-6-8-12/h4-11H,1-3H3,(H,18,19)/b17-11-. The second-order valence-electron chi connectivity index (χ2n) is 5.44. The van der Waals surface area contributed by atoms with E-state index in [1.165, 1.54) is 5.56 Å². The Bertz CT molecular complexity index is 627. The summed E-state index contributed by atoms with van der Waals surface area (Å²) in [7, 11) is 0. The normalized spacial score (nSPS) is 11.6. The first-order valence-electron chi connectivity index (χ1n) is 6.61. The van der Waals surface area contributed by atoms with Crippen molar-refractivity contribution in [2.24, 2.45) is 5.10 Å². The molecule has 1 amide bonds. The summed E-state index contributed by atoms with van der Waals surface area (Å²) in [5.74, 6) is 0. The number of amides is 1. The number of benzene rings is 1. The van der Waals surface area contributed by atoms with Crippen molar-refractivity contribution in [3.63, 3.8) is 0 Å². The van der Waals surface area contributed by atoms with Gasteiger partial charge in [-0.05, 0) is 38.5 Å². The van der Waals surface area contributed by atoms with E-state index in [-0.39, 0.29) is 0 Å². The van der Waals surface area contributed by atoms with Crippen molar-refractivity contribution in [1.29, 1.82) is 0 Å². The lowest BCUT2D eigenvalue weighted by atomic mass is 10.2. The number of nitrogens with one attached hydrogen (secondary N) is 1. The number of ether oxygens (including phenoxy) is 1. The van der Waals surface area contributed by atoms with E-state index in [1.54, 1.807) is 17.6 Å². The lowest BCUT2D eigenvalue weighted by molar-refractivity contribution is 0.0529. The second-order valence-corrected chi connectivity index (χ2v) is 6.56. The van der Waals surface area contributed by atoms with Gasteiger partial charge in [-0.25, -0.2) is 10.2 Å². The minimum Gasteiger partial charge on any atom is -0.443 e. The number of carbonyl (C=O) groups is 1. The molecule has 0 spiro atoms. The molecular formula is C16H18N2O2S. The highest BCUT2D eigenvalue weighted by Crippen LogP contribution is 2.26. The summed E-state index contributed by atoms with van der Waals surface area (Å²) in [6, 6.07) is 14.1. The topological polar surface area (TPSA) is 50.7 Å². The maximum Gasteiger partial charge on any atom is 0.428 e. The zero-order chi connectivity index (χ0) is 15.3. The summed E-state index contributed by atoms with van der Waals surface area (Å²) >= 11 is 1.61. The highest BCUT2D eigenvalue weighted by atomic mass is 32.1. The van der Waals surface area contributed by atoms with E-state index in [9.17, 15) is 4.79 Å². The minimum atomic E-state index is -0.557. The first-order chi connectivity index (χ1) is 9.94. The predicted octanol–water partition coefficient (Wildman–Crippen LogP) is 4.27. The van der Waals surface area contributed by atoms with Crippen LogP contribution < -0.4 is 5.43 Å². The summed E-state index contributed by atoms with van der Waals surface area (Å²) in [4.78, 5) is 13.6. The first-order valence-corrected chi connectivity index (χ1v) is 7.43. The quantitative estimate of drug-likeness (QED) is 0.680. The van der Waals surface area contributed by atoms with Gasteiger partial charge < -0.3 is 4.74 Å². The highest BCUT2D eigenvalue weighted by Gasteiger charge is 2.15. The number of nitrogens with zero attached hydrogens (tertiary/aromatic N) is 1. The molecule has 0 fully saturated rings. The Balaban J connectivity index is 1.94. The third-order valence-corrected chi connectivity index (χ3v) is 3.50. The van der Waals surface area contributed by atoms with E-state index >= 15 is 0 Å². The molecule has 1 heterocycles. The molecule has 4 nitrogen and oxygen atoms in total. The average molecular weight is 302 g/mol. The zero-order valence-electron chi connectivity index (χ0n) is 12.3. The van der Waals surface area contributed by atoms with Gasteiger partial charge in [-0.3, -0.25) is 0 Å². The molecule has 2 aromatic rings. The molecule has 21 heavy (non-hydrogen) atoms. The van der Waals surface area contributed by atoms with Crippen LogP contribution in [0, 0.1) is 0 Å². The highest BCUT2D eigenvalue weighted by molar-refractivity contribution is 7.17. The molecule has 0 saturated carbocycles. The molecule has 0 bridgehead atoms. The number of hydrazone groups is 1. The Labute approximate surface area is 128 Å². The van der Waals surface area contributed by atoms with Crippen LogP contribution in [0.5, 0.6) is 0 Å². The molecule has 110 valence electrons. The van der Waals surface area contributed by atoms with Gasteiger partial charge in [-0.1, -0.05) is 30.3 Å². The Kier molecular flexibility index (Phi) is 4.75. The molecule has 0 atom stereocenters. The van der Waals surface area contributed by atoms with Crippen molar-refractivity contribution in [3.05, 3.63) is 47.3 Å². The third-order valence-electron chi connectivity index (χ3n) is 2.43. The fourth-order valence-electron chi connectivity index (χ4n) is 1.63. The zero-order valence-corrected chi connectivity index (χ0v) is 13.1. The summed E-state index contributed by atoms with van der Waals surface area (Å²) in [5.41, 5.74) is 3.00. The van der Waals surface area contributed by atoms with Crippen LogP contribution in [0.2, 0.25) is 0 Å². The number of hydrogen-bond acceptors (Lipinski definition) is 4. The first kappa shape index (κ1) is 15.3. The SMILES string of the molecule is CC(C)(C)OC(=O)N/N=C\c1ccc(-c2ccccc2)s1. The van der Waals surface area contributed by atoms with Crippen LogP contribution in [0.4, 0.5) is 4.79 Å². The van der Waals surface area contributed by atoms with Crippen LogP contribution in [0.1, 0.15) is 25.6 Å². The van der Waals surface area contributed by atoms with E-state index in [1.807, 2.05) is 51.1 Å².